The monoisotopic (exact) mass is 358 g/mol. The van der Waals surface area contributed by atoms with Crippen molar-refractivity contribution in [2.24, 2.45) is 0 Å². The number of rotatable bonds is 7. The van der Waals surface area contributed by atoms with Gasteiger partial charge in [0.1, 0.15) is 0 Å². The first-order valence-electron chi connectivity index (χ1n) is 7.77. The van der Waals surface area contributed by atoms with Gasteiger partial charge in [-0.2, -0.15) is 0 Å². The average Bonchev–Trinajstić information content (AvgIpc) is 3.04. The number of hydrogen-bond acceptors (Lipinski definition) is 7. The van der Waals surface area contributed by atoms with Crippen LogP contribution >= 0.6 is 0 Å². The van der Waals surface area contributed by atoms with Gasteiger partial charge in [0.05, 0.1) is 14.2 Å². The van der Waals surface area contributed by atoms with E-state index in [2.05, 4.69) is 25.8 Å². The van der Waals surface area contributed by atoms with E-state index in [-0.39, 0.29) is 5.95 Å². The Morgan fingerprint density at radius 2 is 2.04 bits per heavy atom. The average molecular weight is 358 g/mol. The van der Waals surface area contributed by atoms with E-state index >= 15 is 0 Å². The van der Waals surface area contributed by atoms with Crippen molar-refractivity contribution in [1.82, 2.24) is 19.6 Å². The summed E-state index contributed by atoms with van der Waals surface area (Å²) < 4.78 is 12.0. The van der Waals surface area contributed by atoms with Crippen LogP contribution in [0.4, 0.5) is 16.6 Å². The first-order chi connectivity index (χ1) is 12.6. The molecule has 3 N–H and O–H groups in total. The molecule has 0 bridgehead atoms. The summed E-state index contributed by atoms with van der Waals surface area (Å²) in [4.78, 5) is 15.0. The fourth-order valence-electron chi connectivity index (χ4n) is 2.49. The number of hydrogen-bond donors (Lipinski definition) is 3. The lowest BCUT2D eigenvalue weighted by molar-refractivity contribution is 0.209. The predicted molar refractivity (Wildman–Crippen MR) is 94.2 cm³/mol. The highest BCUT2D eigenvalue weighted by molar-refractivity contribution is 5.81. The van der Waals surface area contributed by atoms with E-state index in [0.29, 0.717) is 29.5 Å². The highest BCUT2D eigenvalue weighted by Crippen LogP contribution is 2.27. The van der Waals surface area contributed by atoms with Gasteiger partial charge < -0.3 is 19.9 Å². The lowest BCUT2D eigenvalue weighted by Crippen LogP contribution is -2.11. The lowest BCUT2D eigenvalue weighted by Gasteiger charge is -2.10. The van der Waals surface area contributed by atoms with Gasteiger partial charge in [0.15, 0.2) is 17.3 Å². The molecule has 10 nitrogen and oxygen atoms in total. The van der Waals surface area contributed by atoms with Gasteiger partial charge in [-0.05, 0) is 24.1 Å². The quantitative estimate of drug-likeness (QED) is 0.585. The topological polar surface area (TPSA) is 123 Å². The molecule has 26 heavy (non-hydrogen) atoms. The fraction of sp³-hybridized carbons (Fsp3) is 0.250. The van der Waals surface area contributed by atoms with Crippen LogP contribution in [-0.4, -0.2) is 51.5 Å². The second-order valence-electron chi connectivity index (χ2n) is 5.29. The molecule has 0 spiro atoms. The molecule has 136 valence electrons. The molecule has 0 radical (unpaired) electrons. The number of anilines is 2. The van der Waals surface area contributed by atoms with Crippen molar-refractivity contribution in [3.05, 3.63) is 36.2 Å². The Labute approximate surface area is 148 Å². The maximum atomic E-state index is 10.8. The maximum absolute atomic E-state index is 10.8. The number of carboxylic acid groups (broad SMARTS) is 1. The summed E-state index contributed by atoms with van der Waals surface area (Å²) in [6.45, 7) is 0.594. The highest BCUT2D eigenvalue weighted by atomic mass is 16.5. The number of aromatic nitrogens is 4. The lowest BCUT2D eigenvalue weighted by atomic mass is 10.1. The predicted octanol–water partition coefficient (Wildman–Crippen LogP) is 1.89. The Morgan fingerprint density at radius 3 is 2.77 bits per heavy atom. The van der Waals surface area contributed by atoms with Crippen molar-refractivity contribution in [3.63, 3.8) is 0 Å². The SMILES string of the molecule is COc1ccc(CCNc2nccn3c(NC(=O)O)nnc23)cc1OC. The molecule has 3 rings (SSSR count). The molecule has 0 aliphatic carbocycles. The van der Waals surface area contributed by atoms with Crippen molar-refractivity contribution in [3.8, 4) is 11.5 Å². The van der Waals surface area contributed by atoms with Crippen molar-refractivity contribution in [2.75, 3.05) is 31.4 Å². The molecule has 0 saturated carbocycles. The molecule has 0 aliphatic rings. The second kappa shape index (κ2) is 7.55. The van der Waals surface area contributed by atoms with Gasteiger partial charge in [-0.25, -0.2) is 9.78 Å². The van der Waals surface area contributed by atoms with E-state index in [9.17, 15) is 4.79 Å². The molecule has 10 heteroatoms. The summed E-state index contributed by atoms with van der Waals surface area (Å²) in [7, 11) is 3.19. The van der Waals surface area contributed by atoms with Crippen LogP contribution < -0.4 is 20.1 Å². The van der Waals surface area contributed by atoms with Crippen molar-refractivity contribution in [1.29, 1.82) is 0 Å². The van der Waals surface area contributed by atoms with E-state index in [0.717, 1.165) is 12.0 Å². The summed E-state index contributed by atoms with van der Waals surface area (Å²) in [5.41, 5.74) is 1.50. The zero-order chi connectivity index (χ0) is 18.5. The van der Waals surface area contributed by atoms with Crippen LogP contribution in [0.3, 0.4) is 0 Å². The normalized spacial score (nSPS) is 10.5. The number of nitrogens with one attached hydrogen (secondary N) is 2. The molecule has 0 saturated heterocycles. The smallest absolute Gasteiger partial charge is 0.411 e. The molecular formula is C16H18N6O4. The zero-order valence-corrected chi connectivity index (χ0v) is 14.3. The van der Waals surface area contributed by atoms with Gasteiger partial charge >= 0.3 is 6.09 Å². The van der Waals surface area contributed by atoms with Gasteiger partial charge in [0.2, 0.25) is 11.6 Å². The Balaban J connectivity index is 1.70. The molecule has 1 amide bonds. The van der Waals surface area contributed by atoms with E-state index in [1.54, 1.807) is 26.6 Å². The van der Waals surface area contributed by atoms with Crippen LogP contribution in [-0.2, 0) is 6.42 Å². The third-order valence-electron chi connectivity index (χ3n) is 3.70. The molecule has 0 atom stereocenters. The van der Waals surface area contributed by atoms with Crippen LogP contribution in [0.1, 0.15) is 5.56 Å². The molecule has 0 unspecified atom stereocenters. The summed E-state index contributed by atoms with van der Waals surface area (Å²) >= 11 is 0. The number of methoxy groups -OCH3 is 2. The van der Waals surface area contributed by atoms with Crippen molar-refractivity contribution >= 4 is 23.5 Å². The molecule has 1 aromatic carbocycles. The molecule has 0 aliphatic heterocycles. The van der Waals surface area contributed by atoms with Gasteiger partial charge in [-0.15, -0.1) is 10.2 Å². The Hall–Kier alpha value is -3.56. The minimum atomic E-state index is -1.21. The molecule has 2 heterocycles. The zero-order valence-electron chi connectivity index (χ0n) is 14.3. The first kappa shape index (κ1) is 17.3. The number of amides is 1. The van der Waals surface area contributed by atoms with Crippen LogP contribution in [0.2, 0.25) is 0 Å². The number of ether oxygens (including phenoxy) is 2. The number of carbonyl (C=O) groups is 1. The van der Waals surface area contributed by atoms with Gasteiger partial charge in [-0.3, -0.25) is 9.72 Å². The summed E-state index contributed by atoms with van der Waals surface area (Å²) in [6.07, 6.45) is 2.64. The molecular weight excluding hydrogens is 340 g/mol. The van der Waals surface area contributed by atoms with E-state index < -0.39 is 6.09 Å². The standard InChI is InChI=1S/C16H18N6O4/c1-25-11-4-3-10(9-12(11)26-2)5-6-17-13-14-20-21-15(19-16(23)24)22(14)8-7-18-13/h3-4,7-9H,5-6H2,1-2H3,(H,17,18)(H,19,21)(H,23,24). The second-order valence-corrected chi connectivity index (χ2v) is 5.29. The van der Waals surface area contributed by atoms with Gasteiger partial charge in [-0.1, -0.05) is 6.07 Å². The third kappa shape index (κ3) is 3.58. The van der Waals surface area contributed by atoms with Crippen molar-refractivity contribution < 1.29 is 19.4 Å². The van der Waals surface area contributed by atoms with Crippen LogP contribution in [0.5, 0.6) is 11.5 Å². The highest BCUT2D eigenvalue weighted by Gasteiger charge is 2.12. The van der Waals surface area contributed by atoms with E-state index in [4.69, 9.17) is 14.6 Å². The Morgan fingerprint density at radius 1 is 1.23 bits per heavy atom. The number of benzene rings is 1. The van der Waals surface area contributed by atoms with E-state index in [1.165, 1.54) is 4.40 Å². The van der Waals surface area contributed by atoms with Crippen LogP contribution in [0, 0.1) is 0 Å². The van der Waals surface area contributed by atoms with E-state index in [1.807, 2.05) is 18.2 Å². The third-order valence-corrected chi connectivity index (χ3v) is 3.70. The van der Waals surface area contributed by atoms with Crippen LogP contribution in [0.25, 0.3) is 5.65 Å². The van der Waals surface area contributed by atoms with Gasteiger partial charge in [0, 0.05) is 18.9 Å². The summed E-state index contributed by atoms with van der Waals surface area (Å²) in [5, 5.41) is 22.0. The summed E-state index contributed by atoms with van der Waals surface area (Å²) in [6, 6.07) is 5.74. The molecule has 3 aromatic rings. The number of fused-ring (bicyclic) bond motifs is 1. The first-order valence-corrected chi connectivity index (χ1v) is 7.77. The minimum absolute atomic E-state index is 0.109. The van der Waals surface area contributed by atoms with Gasteiger partial charge in [0.25, 0.3) is 0 Å². The Kier molecular flexibility index (Phi) is 5.02. The minimum Gasteiger partial charge on any atom is -0.493 e. The summed E-state index contributed by atoms with van der Waals surface area (Å²) in [5.74, 6) is 1.97. The van der Waals surface area contributed by atoms with Crippen molar-refractivity contribution in [2.45, 2.75) is 6.42 Å². The molecule has 2 aromatic heterocycles. The maximum Gasteiger partial charge on any atom is 0.411 e. The van der Waals surface area contributed by atoms with Crippen LogP contribution in [0.15, 0.2) is 30.6 Å². The molecule has 0 fully saturated rings. The Bertz CT molecular complexity index is 926. The number of nitrogens with zero attached hydrogens (tertiary/aromatic N) is 4. The largest absolute Gasteiger partial charge is 0.493 e. The fourth-order valence-corrected chi connectivity index (χ4v) is 2.49.